The van der Waals surface area contributed by atoms with E-state index in [4.69, 9.17) is 0 Å². The number of amides is 1. The number of rotatable bonds is 3. The highest BCUT2D eigenvalue weighted by Crippen LogP contribution is 2.28. The topological polar surface area (TPSA) is 61.0 Å². The molecule has 0 bridgehead atoms. The van der Waals surface area contributed by atoms with Crippen LogP contribution in [0.3, 0.4) is 0 Å². The van der Waals surface area contributed by atoms with E-state index in [1.54, 1.807) is 0 Å². The normalized spacial score (nSPS) is 13.3. The number of anilines is 1. The quantitative estimate of drug-likeness (QED) is 0.775. The first-order valence-electron chi connectivity index (χ1n) is 8.36. The number of benzene rings is 1. The summed E-state index contributed by atoms with van der Waals surface area (Å²) in [5.41, 5.74) is 6.86. The maximum Gasteiger partial charge on any atom is 0.253 e. The second kappa shape index (κ2) is 6.09. The third-order valence-electron chi connectivity index (χ3n) is 4.53. The molecule has 0 fully saturated rings. The predicted molar refractivity (Wildman–Crippen MR) is 99.8 cm³/mol. The van der Waals surface area contributed by atoms with Gasteiger partial charge in [-0.3, -0.25) is 9.78 Å². The van der Waals surface area contributed by atoms with Gasteiger partial charge in [-0.1, -0.05) is 12.1 Å². The van der Waals surface area contributed by atoms with Crippen LogP contribution in [0.4, 0.5) is 5.69 Å². The van der Waals surface area contributed by atoms with Gasteiger partial charge in [0.1, 0.15) is 0 Å². The molecule has 1 aliphatic rings. The molecule has 1 aromatic carbocycles. The highest BCUT2D eigenvalue weighted by atomic mass is 16.1. The standard InChI is InChI=1S/C20H20N4O/c1-24(2)15-5-3-4-13(10-15)18-11-14(6-8-21-18)19-12-16-17(23-19)7-9-22-20(16)25/h3-6,8,10-12,23H,7,9H2,1-2H3,(H,22,25). The molecule has 5 heteroatoms. The first-order valence-corrected chi connectivity index (χ1v) is 8.36. The molecule has 0 saturated heterocycles. The lowest BCUT2D eigenvalue weighted by Gasteiger charge is -2.13. The number of carbonyl (C=O) groups excluding carboxylic acids is 1. The van der Waals surface area contributed by atoms with Gasteiger partial charge in [0.05, 0.1) is 11.3 Å². The Labute approximate surface area is 146 Å². The lowest BCUT2D eigenvalue weighted by molar-refractivity contribution is 0.0946. The van der Waals surface area contributed by atoms with Gasteiger partial charge < -0.3 is 15.2 Å². The number of pyridine rings is 1. The highest BCUT2D eigenvalue weighted by molar-refractivity contribution is 5.97. The Kier molecular flexibility index (Phi) is 3.76. The third kappa shape index (κ3) is 2.89. The minimum atomic E-state index is -0.00304. The number of nitrogens with one attached hydrogen (secondary N) is 2. The van der Waals surface area contributed by atoms with Gasteiger partial charge in [0.15, 0.2) is 0 Å². The molecule has 0 spiro atoms. The van der Waals surface area contributed by atoms with Crippen LogP contribution in [0.2, 0.25) is 0 Å². The van der Waals surface area contributed by atoms with Crippen LogP contribution in [0, 0.1) is 0 Å². The minimum Gasteiger partial charge on any atom is -0.378 e. The van der Waals surface area contributed by atoms with Crippen molar-refractivity contribution in [3.63, 3.8) is 0 Å². The maximum atomic E-state index is 12.0. The number of hydrogen-bond acceptors (Lipinski definition) is 3. The fourth-order valence-electron chi connectivity index (χ4n) is 3.15. The summed E-state index contributed by atoms with van der Waals surface area (Å²) in [7, 11) is 4.05. The van der Waals surface area contributed by atoms with E-state index in [0.717, 1.165) is 45.9 Å². The number of fused-ring (bicyclic) bond motifs is 1. The van der Waals surface area contributed by atoms with Crippen molar-refractivity contribution in [1.82, 2.24) is 15.3 Å². The van der Waals surface area contributed by atoms with Crippen LogP contribution in [0.5, 0.6) is 0 Å². The van der Waals surface area contributed by atoms with Gasteiger partial charge >= 0.3 is 0 Å². The lowest BCUT2D eigenvalue weighted by atomic mass is 10.1. The van der Waals surface area contributed by atoms with Gasteiger partial charge in [-0.15, -0.1) is 0 Å². The molecule has 4 rings (SSSR count). The predicted octanol–water partition coefficient (Wildman–Crippen LogP) is 3.10. The van der Waals surface area contributed by atoms with Crippen molar-refractivity contribution >= 4 is 11.6 Å². The molecule has 2 aromatic heterocycles. The van der Waals surface area contributed by atoms with E-state index in [9.17, 15) is 4.79 Å². The Bertz CT molecular complexity index is 942. The molecule has 3 heterocycles. The van der Waals surface area contributed by atoms with Gasteiger partial charge in [-0.05, 0) is 30.3 Å². The molecule has 1 amide bonds. The van der Waals surface area contributed by atoms with Gasteiger partial charge in [0.25, 0.3) is 5.91 Å². The summed E-state index contributed by atoms with van der Waals surface area (Å²) in [6.45, 7) is 0.685. The zero-order chi connectivity index (χ0) is 17.4. The Morgan fingerprint density at radius 1 is 1.08 bits per heavy atom. The van der Waals surface area contributed by atoms with Crippen molar-refractivity contribution in [2.75, 3.05) is 25.5 Å². The molecule has 25 heavy (non-hydrogen) atoms. The van der Waals surface area contributed by atoms with E-state index in [-0.39, 0.29) is 5.91 Å². The number of aromatic nitrogens is 2. The number of aromatic amines is 1. The zero-order valence-electron chi connectivity index (χ0n) is 14.3. The molecule has 2 N–H and O–H groups in total. The van der Waals surface area contributed by atoms with E-state index in [1.807, 2.05) is 38.5 Å². The molecule has 0 radical (unpaired) electrons. The molecular formula is C20H20N4O. The third-order valence-corrected chi connectivity index (χ3v) is 4.53. The smallest absolute Gasteiger partial charge is 0.253 e. The van der Waals surface area contributed by atoms with Crippen LogP contribution >= 0.6 is 0 Å². The molecule has 3 aromatic rings. The summed E-state index contributed by atoms with van der Waals surface area (Å²) < 4.78 is 0. The molecule has 0 atom stereocenters. The summed E-state index contributed by atoms with van der Waals surface area (Å²) in [5.74, 6) is -0.00304. The van der Waals surface area contributed by atoms with Crippen molar-refractivity contribution in [2.45, 2.75) is 6.42 Å². The second-order valence-corrected chi connectivity index (χ2v) is 6.46. The summed E-state index contributed by atoms with van der Waals surface area (Å²) in [6, 6.07) is 14.3. The number of H-pyrrole nitrogens is 1. The maximum absolute atomic E-state index is 12.0. The van der Waals surface area contributed by atoms with Crippen molar-refractivity contribution in [3.05, 3.63) is 59.9 Å². The monoisotopic (exact) mass is 332 g/mol. The molecule has 0 saturated carbocycles. The van der Waals surface area contributed by atoms with Crippen LogP contribution in [-0.4, -0.2) is 36.5 Å². The van der Waals surface area contributed by atoms with Crippen molar-refractivity contribution in [1.29, 1.82) is 0 Å². The fourth-order valence-corrected chi connectivity index (χ4v) is 3.15. The molecule has 0 unspecified atom stereocenters. The Morgan fingerprint density at radius 3 is 2.76 bits per heavy atom. The van der Waals surface area contributed by atoms with Crippen molar-refractivity contribution in [2.24, 2.45) is 0 Å². The number of nitrogens with zero attached hydrogens (tertiary/aromatic N) is 2. The van der Waals surface area contributed by atoms with Crippen LogP contribution in [0.25, 0.3) is 22.5 Å². The number of carbonyl (C=O) groups is 1. The van der Waals surface area contributed by atoms with E-state index < -0.39 is 0 Å². The van der Waals surface area contributed by atoms with E-state index in [1.165, 1.54) is 0 Å². The molecule has 0 aliphatic carbocycles. The van der Waals surface area contributed by atoms with E-state index in [0.29, 0.717) is 6.54 Å². The van der Waals surface area contributed by atoms with Gasteiger partial charge in [-0.2, -0.15) is 0 Å². The summed E-state index contributed by atoms with van der Waals surface area (Å²) in [4.78, 5) is 22.0. The molecular weight excluding hydrogens is 312 g/mol. The first-order chi connectivity index (χ1) is 12.1. The minimum absolute atomic E-state index is 0.00304. The fraction of sp³-hybridized carbons (Fsp3) is 0.200. The Morgan fingerprint density at radius 2 is 1.96 bits per heavy atom. The van der Waals surface area contributed by atoms with E-state index in [2.05, 4.69) is 44.5 Å². The molecule has 126 valence electrons. The van der Waals surface area contributed by atoms with Crippen molar-refractivity contribution in [3.8, 4) is 22.5 Å². The molecule has 1 aliphatic heterocycles. The SMILES string of the molecule is CN(C)c1cccc(-c2cc(-c3cc4c([nH]3)CCNC4=O)ccn2)c1. The number of hydrogen-bond donors (Lipinski definition) is 2. The summed E-state index contributed by atoms with van der Waals surface area (Å²) >= 11 is 0. The van der Waals surface area contributed by atoms with Crippen molar-refractivity contribution < 1.29 is 4.79 Å². The van der Waals surface area contributed by atoms with E-state index >= 15 is 0 Å². The van der Waals surface area contributed by atoms with Gasteiger partial charge in [-0.25, -0.2) is 0 Å². The average molecular weight is 332 g/mol. The van der Waals surface area contributed by atoms with Crippen LogP contribution in [0.15, 0.2) is 48.7 Å². The van der Waals surface area contributed by atoms with Gasteiger partial charge in [0.2, 0.25) is 0 Å². The van der Waals surface area contributed by atoms with Gasteiger partial charge in [0, 0.05) is 61.5 Å². The second-order valence-electron chi connectivity index (χ2n) is 6.46. The first kappa shape index (κ1) is 15.4. The Balaban J connectivity index is 1.73. The van der Waals surface area contributed by atoms with Crippen LogP contribution in [-0.2, 0) is 6.42 Å². The average Bonchev–Trinajstić information content (AvgIpc) is 3.08. The van der Waals surface area contributed by atoms with Crippen LogP contribution < -0.4 is 10.2 Å². The summed E-state index contributed by atoms with van der Waals surface area (Å²) in [6.07, 6.45) is 2.65. The largest absolute Gasteiger partial charge is 0.378 e. The zero-order valence-corrected chi connectivity index (χ0v) is 14.3. The summed E-state index contributed by atoms with van der Waals surface area (Å²) in [5, 5.41) is 2.88. The van der Waals surface area contributed by atoms with Crippen LogP contribution in [0.1, 0.15) is 16.1 Å². The molecule has 5 nitrogen and oxygen atoms in total. The lowest BCUT2D eigenvalue weighted by Crippen LogP contribution is -2.31. The highest BCUT2D eigenvalue weighted by Gasteiger charge is 2.20. The Hall–Kier alpha value is -3.08.